The Morgan fingerprint density at radius 3 is 2.25 bits per heavy atom. The van der Waals surface area contributed by atoms with Crippen LogP contribution in [0.1, 0.15) is 23.7 Å². The summed E-state index contributed by atoms with van der Waals surface area (Å²) in [5, 5.41) is 14.8. The molecule has 10 aromatic rings. The van der Waals surface area contributed by atoms with Crippen molar-refractivity contribution in [1.82, 2.24) is 15.2 Å². The van der Waals surface area contributed by atoms with Crippen molar-refractivity contribution < 1.29 is 4.42 Å². The van der Waals surface area contributed by atoms with E-state index in [4.69, 9.17) is 9.41 Å². The third-order valence-electron chi connectivity index (χ3n) is 11.8. The molecule has 3 atom stereocenters. The smallest absolute Gasteiger partial charge is 0.143 e. The second-order valence-corrected chi connectivity index (χ2v) is 16.2. The van der Waals surface area contributed by atoms with E-state index in [9.17, 15) is 0 Å². The number of nitrogens with zero attached hydrogens (tertiary/aromatic N) is 2. The van der Waals surface area contributed by atoms with Crippen LogP contribution in [0, 0.1) is 5.92 Å². The highest BCUT2D eigenvalue weighted by atomic mass is 32.1. The molecule has 3 unspecified atom stereocenters. The van der Waals surface area contributed by atoms with Crippen LogP contribution in [0.25, 0.3) is 80.7 Å². The summed E-state index contributed by atoms with van der Waals surface area (Å²) in [5.41, 5.74) is 9.84. The van der Waals surface area contributed by atoms with E-state index in [1.54, 1.807) is 0 Å². The third kappa shape index (κ3) is 5.29. The Morgan fingerprint density at radius 2 is 1.42 bits per heavy atom. The third-order valence-corrected chi connectivity index (χ3v) is 13.0. The molecule has 12 rings (SSSR count). The second-order valence-electron chi connectivity index (χ2n) is 15.2. The topological polar surface area (TPSA) is 54.5 Å². The van der Waals surface area contributed by atoms with Crippen molar-refractivity contribution >= 4 is 81.1 Å². The number of aliphatic imine (C=N–C) groups is 1. The number of rotatable bonds is 5. The number of aromatic nitrogens is 1. The van der Waals surface area contributed by atoms with Crippen LogP contribution < -0.4 is 10.6 Å². The van der Waals surface area contributed by atoms with Gasteiger partial charge in [0.05, 0.1) is 17.2 Å². The van der Waals surface area contributed by atoms with Gasteiger partial charge in [0.25, 0.3) is 0 Å². The maximum atomic E-state index is 6.71. The summed E-state index contributed by atoms with van der Waals surface area (Å²) in [6.45, 7) is 0. The number of allylic oxidation sites excluding steroid dienone is 3. The van der Waals surface area contributed by atoms with Gasteiger partial charge in [-0.05, 0) is 66.1 Å². The van der Waals surface area contributed by atoms with Gasteiger partial charge in [0, 0.05) is 64.4 Å². The highest BCUT2D eigenvalue weighted by Crippen LogP contribution is 2.42. The van der Waals surface area contributed by atoms with E-state index in [0.717, 1.165) is 56.4 Å². The van der Waals surface area contributed by atoms with Crippen LogP contribution >= 0.6 is 11.3 Å². The predicted molar refractivity (Wildman–Crippen MR) is 239 cm³/mol. The molecule has 1 aliphatic heterocycles. The van der Waals surface area contributed by atoms with Gasteiger partial charge in [-0.25, -0.2) is 4.99 Å². The lowest BCUT2D eigenvalue weighted by atomic mass is 9.95. The molecular weight excluding hydrogens is 717 g/mol. The molecular formula is C51H36N4OS. The molecule has 0 fully saturated rings. The molecule has 0 spiro atoms. The van der Waals surface area contributed by atoms with Crippen molar-refractivity contribution in [1.29, 1.82) is 0 Å². The van der Waals surface area contributed by atoms with E-state index >= 15 is 0 Å². The number of fused-ring (bicyclic) bond motifs is 9. The fourth-order valence-electron chi connectivity index (χ4n) is 9.05. The van der Waals surface area contributed by atoms with Crippen LogP contribution in [0.5, 0.6) is 0 Å². The van der Waals surface area contributed by atoms with Crippen LogP contribution in [0.4, 0.5) is 0 Å². The highest BCUT2D eigenvalue weighted by molar-refractivity contribution is 7.25. The minimum Gasteiger partial charge on any atom is -0.455 e. The molecule has 1 aliphatic carbocycles. The number of furan rings is 1. The maximum absolute atomic E-state index is 6.71. The molecule has 2 aliphatic rings. The van der Waals surface area contributed by atoms with Crippen molar-refractivity contribution in [3.8, 4) is 16.8 Å². The standard InChI is InChI=1S/C51H36N4OS/c1-3-12-31(13-4-1)49-52-50(32-14-5-2-6-15-32)54-51(53-49)34-22-26-45-41(29-34)40-19-11-18-36(48(40)56-45)33-23-27-46-42(28-33)39-25-24-35(30-47(39)57-46)55-43-20-9-7-16-37(43)38-17-8-10-21-44(38)55/h1-14,16-30,32,50-51,54H,15H2,(H,52,53). The zero-order valence-corrected chi connectivity index (χ0v) is 31.7. The maximum Gasteiger partial charge on any atom is 0.143 e. The first-order chi connectivity index (χ1) is 28.2. The zero-order chi connectivity index (χ0) is 37.5. The first kappa shape index (κ1) is 32.5. The van der Waals surface area contributed by atoms with Gasteiger partial charge < -0.3 is 14.3 Å². The van der Waals surface area contributed by atoms with Gasteiger partial charge in [-0.15, -0.1) is 11.3 Å². The molecule has 0 saturated heterocycles. The van der Waals surface area contributed by atoms with E-state index in [0.29, 0.717) is 5.92 Å². The lowest BCUT2D eigenvalue weighted by molar-refractivity contribution is 0.328. The Labute approximate surface area is 332 Å². The molecule has 0 saturated carbocycles. The zero-order valence-electron chi connectivity index (χ0n) is 30.9. The van der Waals surface area contributed by atoms with Crippen LogP contribution in [-0.4, -0.2) is 16.6 Å². The molecule has 6 heteroatoms. The average Bonchev–Trinajstić information content (AvgIpc) is 3.95. The molecule has 5 nitrogen and oxygen atoms in total. The van der Waals surface area contributed by atoms with Crippen molar-refractivity contribution in [3.05, 3.63) is 187 Å². The van der Waals surface area contributed by atoms with E-state index in [-0.39, 0.29) is 12.3 Å². The Morgan fingerprint density at radius 1 is 0.614 bits per heavy atom. The highest BCUT2D eigenvalue weighted by Gasteiger charge is 2.29. The Balaban J connectivity index is 0.929. The number of benzene rings is 7. The van der Waals surface area contributed by atoms with Gasteiger partial charge in [-0.2, -0.15) is 0 Å². The summed E-state index contributed by atoms with van der Waals surface area (Å²) in [6, 6.07) is 54.6. The van der Waals surface area contributed by atoms with Gasteiger partial charge in [0.1, 0.15) is 23.2 Å². The molecule has 0 bridgehead atoms. The van der Waals surface area contributed by atoms with E-state index in [2.05, 4.69) is 185 Å². The summed E-state index contributed by atoms with van der Waals surface area (Å²) >= 11 is 1.85. The number of hydrogen-bond donors (Lipinski definition) is 2. The summed E-state index contributed by atoms with van der Waals surface area (Å²) < 4.78 is 11.7. The second kappa shape index (κ2) is 12.9. The average molecular weight is 753 g/mol. The summed E-state index contributed by atoms with van der Waals surface area (Å²) in [7, 11) is 0. The number of amidine groups is 1. The van der Waals surface area contributed by atoms with Gasteiger partial charge in [0.15, 0.2) is 0 Å². The minimum absolute atomic E-state index is 0.0376. The van der Waals surface area contributed by atoms with E-state index in [1.165, 1.54) is 47.7 Å². The molecule has 272 valence electrons. The summed E-state index contributed by atoms with van der Waals surface area (Å²) in [4.78, 5) is 5.22. The largest absolute Gasteiger partial charge is 0.455 e. The Kier molecular flexibility index (Phi) is 7.37. The summed E-state index contributed by atoms with van der Waals surface area (Å²) in [6.07, 6.45) is 9.58. The molecule has 0 amide bonds. The molecule has 2 N–H and O–H groups in total. The van der Waals surface area contributed by atoms with Gasteiger partial charge in [-0.3, -0.25) is 5.32 Å². The summed E-state index contributed by atoms with van der Waals surface area (Å²) in [5.74, 6) is 1.22. The van der Waals surface area contributed by atoms with Crippen LogP contribution in [0.3, 0.4) is 0 Å². The SMILES string of the molecule is C1=CCC(C2NC(c3ccccc3)=NC(c3ccc4oc5c(-c6ccc7sc8cc(-n9c%10ccccc%10c%10ccccc%109)ccc8c7c6)cccc5c4c3)N2)C=C1. The van der Waals surface area contributed by atoms with Crippen LogP contribution in [-0.2, 0) is 0 Å². The number of thiophene rings is 1. The lowest BCUT2D eigenvalue weighted by Gasteiger charge is -2.35. The quantitative estimate of drug-likeness (QED) is 0.184. The van der Waals surface area contributed by atoms with Crippen molar-refractivity contribution in [3.63, 3.8) is 0 Å². The normalized spacial score (nSPS) is 18.3. The van der Waals surface area contributed by atoms with E-state index < -0.39 is 0 Å². The van der Waals surface area contributed by atoms with Gasteiger partial charge >= 0.3 is 0 Å². The van der Waals surface area contributed by atoms with Gasteiger partial charge in [0.2, 0.25) is 0 Å². The molecule has 4 heterocycles. The van der Waals surface area contributed by atoms with E-state index in [1.807, 2.05) is 17.4 Å². The predicted octanol–water partition coefficient (Wildman–Crippen LogP) is 12.8. The van der Waals surface area contributed by atoms with Crippen molar-refractivity contribution in [2.75, 3.05) is 0 Å². The first-order valence-corrected chi connectivity index (χ1v) is 20.4. The monoisotopic (exact) mass is 752 g/mol. The first-order valence-electron chi connectivity index (χ1n) is 19.6. The lowest BCUT2D eigenvalue weighted by Crippen LogP contribution is -2.54. The number of hydrogen-bond acceptors (Lipinski definition) is 5. The van der Waals surface area contributed by atoms with Crippen molar-refractivity contribution in [2.24, 2.45) is 10.9 Å². The fraction of sp³-hybridized carbons (Fsp3) is 0.0784. The number of nitrogens with one attached hydrogen (secondary N) is 2. The van der Waals surface area contributed by atoms with Crippen LogP contribution in [0.2, 0.25) is 0 Å². The molecule has 7 aromatic carbocycles. The Hall–Kier alpha value is -6.73. The van der Waals surface area contributed by atoms with Gasteiger partial charge in [-0.1, -0.05) is 127 Å². The molecule has 57 heavy (non-hydrogen) atoms. The minimum atomic E-state index is -0.215. The fourth-order valence-corrected chi connectivity index (χ4v) is 10.2. The molecule has 3 aromatic heterocycles. The van der Waals surface area contributed by atoms with Crippen molar-refractivity contribution in [2.45, 2.75) is 18.8 Å². The van der Waals surface area contributed by atoms with Crippen LogP contribution in [0.15, 0.2) is 185 Å². The molecule has 0 radical (unpaired) electrons. The Bertz CT molecular complexity index is 3260. The number of para-hydroxylation sites is 3.